The average molecular weight is 411 g/mol. The third-order valence-electron chi connectivity index (χ3n) is 6.17. The lowest BCUT2D eigenvalue weighted by Crippen LogP contribution is -2.48. The van der Waals surface area contributed by atoms with Crippen LogP contribution in [0.5, 0.6) is 0 Å². The number of amides is 2. The first-order chi connectivity index (χ1) is 14.6. The molecule has 2 aliphatic heterocycles. The summed E-state index contributed by atoms with van der Waals surface area (Å²) in [6.45, 7) is 2.98. The van der Waals surface area contributed by atoms with Crippen molar-refractivity contribution in [1.82, 2.24) is 20.1 Å². The number of nitrogens with two attached hydrogens (primary N) is 1. The first kappa shape index (κ1) is 20.6. The fourth-order valence-corrected chi connectivity index (χ4v) is 4.46. The molecule has 8 heteroatoms. The lowest BCUT2D eigenvalue weighted by Gasteiger charge is -2.34. The van der Waals surface area contributed by atoms with E-state index < -0.39 is 0 Å². The quantitative estimate of drug-likeness (QED) is 0.688. The molecule has 1 aromatic heterocycles. The third kappa shape index (κ3) is 4.24. The van der Waals surface area contributed by atoms with Gasteiger partial charge in [-0.15, -0.1) is 0 Å². The van der Waals surface area contributed by atoms with Crippen molar-refractivity contribution in [2.24, 2.45) is 5.73 Å². The number of fused-ring (bicyclic) bond motifs is 1. The van der Waals surface area contributed by atoms with Crippen molar-refractivity contribution in [3.8, 4) is 0 Å². The molecule has 2 aromatic rings. The van der Waals surface area contributed by atoms with Crippen LogP contribution in [0.2, 0.25) is 0 Å². The van der Waals surface area contributed by atoms with Crippen molar-refractivity contribution in [3.63, 3.8) is 0 Å². The summed E-state index contributed by atoms with van der Waals surface area (Å²) in [5, 5.41) is 7.25. The number of hydrogen-bond donors (Lipinski definition) is 3. The van der Waals surface area contributed by atoms with E-state index in [0.717, 1.165) is 56.4 Å². The van der Waals surface area contributed by atoms with E-state index in [4.69, 9.17) is 5.73 Å². The number of likely N-dealkylation sites (tertiary alicyclic amines) is 2. The Hall–Kier alpha value is -2.71. The smallest absolute Gasteiger partial charge is 0.253 e. The molecule has 2 fully saturated rings. The number of pyridine rings is 1. The van der Waals surface area contributed by atoms with E-state index in [1.54, 1.807) is 13.2 Å². The number of anilines is 1. The minimum Gasteiger partial charge on any atom is -0.382 e. The molecule has 1 aromatic carbocycles. The molecule has 0 saturated carbocycles. The summed E-state index contributed by atoms with van der Waals surface area (Å²) in [4.78, 5) is 33.1. The van der Waals surface area contributed by atoms with Crippen molar-refractivity contribution < 1.29 is 9.59 Å². The Morgan fingerprint density at radius 1 is 1.17 bits per heavy atom. The molecule has 0 radical (unpaired) electrons. The molecule has 2 amide bonds. The largest absolute Gasteiger partial charge is 0.382 e. The van der Waals surface area contributed by atoms with Gasteiger partial charge in [-0.2, -0.15) is 0 Å². The SMILES string of the molecule is CNC(=O)c1ccc(NC2CCN(CC(=O)N3CCC[C@H]3N)CC2)c2cccnc12. The van der Waals surface area contributed by atoms with Gasteiger partial charge in [0.15, 0.2) is 0 Å². The zero-order valence-electron chi connectivity index (χ0n) is 17.4. The van der Waals surface area contributed by atoms with Gasteiger partial charge in [-0.25, -0.2) is 0 Å². The summed E-state index contributed by atoms with van der Waals surface area (Å²) in [5.41, 5.74) is 8.29. The molecule has 3 heterocycles. The van der Waals surface area contributed by atoms with Gasteiger partial charge in [0.05, 0.1) is 23.8 Å². The molecular weight excluding hydrogens is 380 g/mol. The van der Waals surface area contributed by atoms with E-state index >= 15 is 0 Å². The highest BCUT2D eigenvalue weighted by atomic mass is 16.2. The normalized spacial score (nSPS) is 20.5. The van der Waals surface area contributed by atoms with Crippen LogP contribution in [0.15, 0.2) is 30.5 Å². The van der Waals surface area contributed by atoms with Crippen LogP contribution in [-0.2, 0) is 4.79 Å². The molecule has 160 valence electrons. The number of carbonyl (C=O) groups is 2. The van der Waals surface area contributed by atoms with Gasteiger partial charge in [0.25, 0.3) is 5.91 Å². The molecule has 0 spiro atoms. The second-order valence-corrected chi connectivity index (χ2v) is 8.13. The Morgan fingerprint density at radius 3 is 2.67 bits per heavy atom. The van der Waals surface area contributed by atoms with Crippen molar-refractivity contribution in [1.29, 1.82) is 0 Å². The van der Waals surface area contributed by atoms with Gasteiger partial charge in [-0.05, 0) is 49.9 Å². The van der Waals surface area contributed by atoms with Crippen molar-refractivity contribution in [2.75, 3.05) is 38.5 Å². The maximum atomic E-state index is 12.5. The van der Waals surface area contributed by atoms with Gasteiger partial charge in [0.2, 0.25) is 5.91 Å². The first-order valence-electron chi connectivity index (χ1n) is 10.7. The predicted molar refractivity (Wildman–Crippen MR) is 117 cm³/mol. The van der Waals surface area contributed by atoms with Crippen LogP contribution in [-0.4, -0.2) is 72.0 Å². The fourth-order valence-electron chi connectivity index (χ4n) is 4.46. The van der Waals surface area contributed by atoms with Gasteiger partial charge in [0, 0.05) is 50.0 Å². The van der Waals surface area contributed by atoms with E-state index in [9.17, 15) is 9.59 Å². The summed E-state index contributed by atoms with van der Waals surface area (Å²) in [6, 6.07) is 7.98. The molecule has 0 unspecified atom stereocenters. The fraction of sp³-hybridized carbons (Fsp3) is 0.500. The van der Waals surface area contributed by atoms with E-state index in [0.29, 0.717) is 23.7 Å². The Kier molecular flexibility index (Phi) is 6.15. The maximum Gasteiger partial charge on any atom is 0.253 e. The van der Waals surface area contributed by atoms with E-state index in [1.165, 1.54) is 0 Å². The molecule has 4 N–H and O–H groups in total. The molecular formula is C22H30N6O2. The number of rotatable bonds is 5. The Balaban J connectivity index is 1.38. The number of piperidine rings is 1. The highest BCUT2D eigenvalue weighted by Crippen LogP contribution is 2.27. The number of hydrogen-bond acceptors (Lipinski definition) is 6. The number of benzene rings is 1. The minimum absolute atomic E-state index is 0.114. The summed E-state index contributed by atoms with van der Waals surface area (Å²) in [5.74, 6) is 0.00853. The molecule has 0 bridgehead atoms. The maximum absolute atomic E-state index is 12.5. The van der Waals surface area contributed by atoms with Gasteiger partial charge in [-0.3, -0.25) is 19.5 Å². The standard InChI is InChI=1S/C22H30N6O2/c1-24-22(30)17-6-7-18(16-4-2-10-25-21(16)17)26-15-8-12-27(13-9-15)14-20(29)28-11-3-5-19(28)23/h2,4,6-7,10,15,19,26H,3,5,8-9,11-14,23H2,1H3,(H,24,30)/t19-/m0/s1. The number of nitrogens with one attached hydrogen (secondary N) is 2. The van der Waals surface area contributed by atoms with Crippen molar-refractivity contribution in [2.45, 2.75) is 37.9 Å². The predicted octanol–water partition coefficient (Wildman–Crippen LogP) is 1.38. The van der Waals surface area contributed by atoms with Crippen LogP contribution >= 0.6 is 0 Å². The molecule has 2 saturated heterocycles. The molecule has 2 aliphatic rings. The third-order valence-corrected chi connectivity index (χ3v) is 6.17. The molecule has 4 rings (SSSR count). The summed E-state index contributed by atoms with van der Waals surface area (Å²) in [7, 11) is 1.62. The van der Waals surface area contributed by atoms with Crippen molar-refractivity contribution >= 4 is 28.4 Å². The van der Waals surface area contributed by atoms with Crippen LogP contribution in [0.4, 0.5) is 5.69 Å². The van der Waals surface area contributed by atoms with Crippen LogP contribution in [0, 0.1) is 0 Å². The zero-order chi connectivity index (χ0) is 21.1. The van der Waals surface area contributed by atoms with Crippen LogP contribution in [0.1, 0.15) is 36.0 Å². The Bertz CT molecular complexity index is 925. The number of nitrogens with zero attached hydrogens (tertiary/aromatic N) is 3. The Labute approximate surface area is 176 Å². The lowest BCUT2D eigenvalue weighted by molar-refractivity contribution is -0.133. The monoisotopic (exact) mass is 410 g/mol. The van der Waals surface area contributed by atoms with Gasteiger partial charge in [-0.1, -0.05) is 0 Å². The molecule has 30 heavy (non-hydrogen) atoms. The van der Waals surface area contributed by atoms with Crippen LogP contribution < -0.4 is 16.4 Å². The zero-order valence-corrected chi connectivity index (χ0v) is 17.4. The molecule has 0 aliphatic carbocycles. The topological polar surface area (TPSA) is 104 Å². The lowest BCUT2D eigenvalue weighted by atomic mass is 10.0. The second-order valence-electron chi connectivity index (χ2n) is 8.13. The Morgan fingerprint density at radius 2 is 1.97 bits per heavy atom. The van der Waals surface area contributed by atoms with Gasteiger partial charge >= 0.3 is 0 Å². The van der Waals surface area contributed by atoms with E-state index in [-0.39, 0.29) is 18.0 Å². The van der Waals surface area contributed by atoms with Crippen molar-refractivity contribution in [3.05, 3.63) is 36.0 Å². The number of carbonyl (C=O) groups excluding carboxylic acids is 2. The van der Waals surface area contributed by atoms with E-state index in [1.807, 2.05) is 29.2 Å². The van der Waals surface area contributed by atoms with Gasteiger partial charge in [0.1, 0.15) is 0 Å². The molecule has 1 atom stereocenters. The van der Waals surface area contributed by atoms with Gasteiger partial charge < -0.3 is 21.3 Å². The summed E-state index contributed by atoms with van der Waals surface area (Å²) >= 11 is 0. The number of aromatic nitrogens is 1. The molecule has 8 nitrogen and oxygen atoms in total. The summed E-state index contributed by atoms with van der Waals surface area (Å²) in [6.07, 6.45) is 5.41. The van der Waals surface area contributed by atoms with E-state index in [2.05, 4.69) is 20.5 Å². The van der Waals surface area contributed by atoms with Crippen LogP contribution in [0.25, 0.3) is 10.9 Å². The average Bonchev–Trinajstić information content (AvgIpc) is 3.21. The highest BCUT2D eigenvalue weighted by molar-refractivity contribution is 6.08. The van der Waals surface area contributed by atoms with Crippen LogP contribution in [0.3, 0.4) is 0 Å². The summed E-state index contributed by atoms with van der Waals surface area (Å²) < 4.78 is 0. The second kappa shape index (κ2) is 8.97. The first-order valence-corrected chi connectivity index (χ1v) is 10.7. The highest BCUT2D eigenvalue weighted by Gasteiger charge is 2.28. The minimum atomic E-state index is -0.138.